The number of hydrogen-bond donors (Lipinski definition) is 1. The van der Waals surface area contributed by atoms with Crippen LogP contribution < -0.4 is 0 Å². The predicted octanol–water partition coefficient (Wildman–Crippen LogP) is 2.43. The lowest BCUT2D eigenvalue weighted by molar-refractivity contribution is -0.142. The summed E-state index contributed by atoms with van der Waals surface area (Å²) in [6.07, 6.45) is 8.32. The lowest BCUT2D eigenvalue weighted by atomic mass is 9.73. The third-order valence-electron chi connectivity index (χ3n) is 6.17. The SMILES string of the molecule is O=C1CCC2(CCCN(C(=O)Cc3ccccc3)C2)CN1CCc1cnc[nH]1. The van der Waals surface area contributed by atoms with Gasteiger partial charge in [0.15, 0.2) is 0 Å². The van der Waals surface area contributed by atoms with Gasteiger partial charge in [0.05, 0.1) is 12.7 Å². The number of aromatic nitrogens is 2. The quantitative estimate of drug-likeness (QED) is 0.866. The van der Waals surface area contributed by atoms with Crippen LogP contribution in [0.5, 0.6) is 0 Å². The summed E-state index contributed by atoms with van der Waals surface area (Å²) in [7, 11) is 0. The largest absolute Gasteiger partial charge is 0.348 e. The molecule has 0 aliphatic carbocycles. The molecule has 4 rings (SSSR count). The standard InChI is InChI=1S/C22H28N4O2/c27-20-7-10-22(16-26(20)12-8-19-14-23-17-24-19)9-4-11-25(15-22)21(28)13-18-5-2-1-3-6-18/h1-3,5-6,14,17H,4,7-13,15-16H2,(H,23,24). The minimum atomic E-state index is 0.0481. The highest BCUT2D eigenvalue weighted by Crippen LogP contribution is 2.39. The average Bonchev–Trinajstić information content (AvgIpc) is 3.23. The van der Waals surface area contributed by atoms with Crippen LogP contribution >= 0.6 is 0 Å². The number of hydrogen-bond acceptors (Lipinski definition) is 3. The predicted molar refractivity (Wildman–Crippen MR) is 106 cm³/mol. The van der Waals surface area contributed by atoms with Crippen molar-refractivity contribution in [1.82, 2.24) is 19.8 Å². The molecule has 1 spiro atoms. The van der Waals surface area contributed by atoms with Crippen LogP contribution in [0.3, 0.4) is 0 Å². The van der Waals surface area contributed by atoms with E-state index in [1.165, 1.54) is 0 Å². The second-order valence-electron chi connectivity index (χ2n) is 8.22. The molecule has 1 atom stereocenters. The van der Waals surface area contributed by atoms with Gasteiger partial charge in [-0.3, -0.25) is 9.59 Å². The van der Waals surface area contributed by atoms with E-state index in [1.54, 1.807) is 6.33 Å². The Balaban J connectivity index is 1.38. The Morgan fingerprint density at radius 3 is 2.82 bits per heavy atom. The van der Waals surface area contributed by atoms with Crippen LogP contribution in [0.25, 0.3) is 0 Å². The second-order valence-corrected chi connectivity index (χ2v) is 8.22. The lowest BCUT2D eigenvalue weighted by Gasteiger charge is -2.48. The maximum Gasteiger partial charge on any atom is 0.227 e. The van der Waals surface area contributed by atoms with Crippen LogP contribution in [-0.2, 0) is 22.4 Å². The number of likely N-dealkylation sites (tertiary alicyclic amines) is 2. The van der Waals surface area contributed by atoms with Crippen molar-refractivity contribution in [1.29, 1.82) is 0 Å². The zero-order chi connectivity index (χ0) is 19.4. The van der Waals surface area contributed by atoms with Crippen molar-refractivity contribution < 1.29 is 9.59 Å². The molecule has 2 amide bonds. The lowest BCUT2D eigenvalue weighted by Crippen LogP contribution is -2.55. The average molecular weight is 380 g/mol. The number of piperidine rings is 2. The van der Waals surface area contributed by atoms with Crippen LogP contribution in [-0.4, -0.2) is 57.8 Å². The normalized spacial score (nSPS) is 22.6. The number of nitrogens with one attached hydrogen (secondary N) is 1. The van der Waals surface area contributed by atoms with Crippen molar-refractivity contribution >= 4 is 11.8 Å². The van der Waals surface area contributed by atoms with Crippen molar-refractivity contribution in [3.8, 4) is 0 Å². The van der Waals surface area contributed by atoms with Gasteiger partial charge in [-0.1, -0.05) is 30.3 Å². The summed E-state index contributed by atoms with van der Waals surface area (Å²) in [5.41, 5.74) is 2.16. The van der Waals surface area contributed by atoms with Crippen LogP contribution in [0.1, 0.15) is 36.9 Å². The molecule has 2 saturated heterocycles. The smallest absolute Gasteiger partial charge is 0.227 e. The first kappa shape index (κ1) is 18.7. The first-order valence-corrected chi connectivity index (χ1v) is 10.2. The first-order chi connectivity index (χ1) is 13.6. The van der Waals surface area contributed by atoms with Crippen molar-refractivity contribution in [2.45, 2.75) is 38.5 Å². The number of aromatic amines is 1. The summed E-state index contributed by atoms with van der Waals surface area (Å²) in [5.74, 6) is 0.434. The molecular formula is C22H28N4O2. The van der Waals surface area contributed by atoms with Gasteiger partial charge >= 0.3 is 0 Å². The van der Waals surface area contributed by atoms with Crippen molar-refractivity contribution in [3.05, 3.63) is 54.1 Å². The number of nitrogens with zero attached hydrogens (tertiary/aromatic N) is 3. The van der Waals surface area contributed by atoms with Gasteiger partial charge in [0, 0.05) is 56.3 Å². The second kappa shape index (κ2) is 8.17. The fraction of sp³-hybridized carbons (Fsp3) is 0.500. The van der Waals surface area contributed by atoms with Gasteiger partial charge in [-0.25, -0.2) is 4.98 Å². The number of carbonyl (C=O) groups excluding carboxylic acids is 2. The molecule has 2 aliphatic rings. The molecule has 0 radical (unpaired) electrons. The van der Waals surface area contributed by atoms with Gasteiger partial charge in [-0.2, -0.15) is 0 Å². The van der Waals surface area contributed by atoms with Crippen molar-refractivity contribution in [3.63, 3.8) is 0 Å². The minimum absolute atomic E-state index is 0.0481. The Morgan fingerprint density at radius 1 is 1.18 bits per heavy atom. The molecule has 1 aromatic heterocycles. The monoisotopic (exact) mass is 380 g/mol. The van der Waals surface area contributed by atoms with Gasteiger partial charge in [0.1, 0.15) is 0 Å². The Kier molecular flexibility index (Phi) is 5.46. The van der Waals surface area contributed by atoms with E-state index in [4.69, 9.17) is 0 Å². The number of carbonyl (C=O) groups is 2. The zero-order valence-electron chi connectivity index (χ0n) is 16.3. The third-order valence-corrected chi connectivity index (χ3v) is 6.17. The Bertz CT molecular complexity index is 805. The molecule has 6 heteroatoms. The molecule has 0 bridgehead atoms. The van der Waals surface area contributed by atoms with Gasteiger partial charge in [0.2, 0.25) is 11.8 Å². The molecule has 1 N–H and O–H groups in total. The molecule has 2 fully saturated rings. The molecule has 6 nitrogen and oxygen atoms in total. The van der Waals surface area contributed by atoms with E-state index in [0.29, 0.717) is 19.4 Å². The molecule has 148 valence electrons. The Labute approximate surface area is 165 Å². The molecule has 1 unspecified atom stereocenters. The molecule has 2 aromatic rings. The molecule has 28 heavy (non-hydrogen) atoms. The number of imidazole rings is 1. The molecule has 0 saturated carbocycles. The number of rotatable bonds is 5. The van der Waals surface area contributed by atoms with Crippen LogP contribution in [0, 0.1) is 5.41 Å². The van der Waals surface area contributed by atoms with Gasteiger partial charge in [-0.15, -0.1) is 0 Å². The Hall–Kier alpha value is -2.63. The fourth-order valence-corrected chi connectivity index (χ4v) is 4.62. The number of H-pyrrole nitrogens is 1. The third kappa shape index (κ3) is 4.26. The van der Waals surface area contributed by atoms with Crippen molar-refractivity contribution in [2.75, 3.05) is 26.2 Å². The number of benzene rings is 1. The van der Waals surface area contributed by atoms with E-state index in [2.05, 4.69) is 9.97 Å². The van der Waals surface area contributed by atoms with Crippen LogP contribution in [0.4, 0.5) is 0 Å². The summed E-state index contributed by atoms with van der Waals surface area (Å²) in [6.45, 7) is 3.07. The fourth-order valence-electron chi connectivity index (χ4n) is 4.62. The van der Waals surface area contributed by atoms with E-state index in [-0.39, 0.29) is 17.2 Å². The molecule has 2 aliphatic heterocycles. The van der Waals surface area contributed by atoms with Crippen molar-refractivity contribution in [2.24, 2.45) is 5.41 Å². The van der Waals surface area contributed by atoms with Crippen LogP contribution in [0.15, 0.2) is 42.9 Å². The first-order valence-electron chi connectivity index (χ1n) is 10.2. The number of amides is 2. The van der Waals surface area contributed by atoms with E-state index in [1.807, 2.05) is 46.3 Å². The summed E-state index contributed by atoms with van der Waals surface area (Å²) < 4.78 is 0. The summed E-state index contributed by atoms with van der Waals surface area (Å²) >= 11 is 0. The summed E-state index contributed by atoms with van der Waals surface area (Å²) in [5, 5.41) is 0. The summed E-state index contributed by atoms with van der Waals surface area (Å²) in [4.78, 5) is 36.5. The highest BCUT2D eigenvalue weighted by atomic mass is 16.2. The molecule has 3 heterocycles. The van der Waals surface area contributed by atoms with Crippen LogP contribution in [0.2, 0.25) is 0 Å². The maximum atomic E-state index is 12.9. The van der Waals surface area contributed by atoms with Gasteiger partial charge in [-0.05, 0) is 24.8 Å². The highest BCUT2D eigenvalue weighted by molar-refractivity contribution is 5.79. The van der Waals surface area contributed by atoms with Gasteiger partial charge in [0.25, 0.3) is 0 Å². The molecular weight excluding hydrogens is 352 g/mol. The van der Waals surface area contributed by atoms with E-state index in [0.717, 1.165) is 56.6 Å². The van der Waals surface area contributed by atoms with E-state index < -0.39 is 0 Å². The zero-order valence-corrected chi connectivity index (χ0v) is 16.3. The van der Waals surface area contributed by atoms with E-state index in [9.17, 15) is 9.59 Å². The topological polar surface area (TPSA) is 69.3 Å². The molecule has 1 aromatic carbocycles. The maximum absolute atomic E-state index is 12.9. The Morgan fingerprint density at radius 2 is 2.04 bits per heavy atom. The highest BCUT2D eigenvalue weighted by Gasteiger charge is 2.42. The minimum Gasteiger partial charge on any atom is -0.348 e. The van der Waals surface area contributed by atoms with E-state index >= 15 is 0 Å². The summed E-state index contributed by atoms with van der Waals surface area (Å²) in [6, 6.07) is 9.94. The van der Waals surface area contributed by atoms with Gasteiger partial charge < -0.3 is 14.8 Å².